The normalized spacial score (nSPS) is 17.5. The van der Waals surface area contributed by atoms with Gasteiger partial charge in [-0.1, -0.05) is 6.08 Å². The molecule has 0 bridgehead atoms. The van der Waals surface area contributed by atoms with Gasteiger partial charge in [0.1, 0.15) is 5.76 Å². The Bertz CT molecular complexity index is 315. The summed E-state index contributed by atoms with van der Waals surface area (Å²) < 4.78 is 5.92. The second-order valence-corrected chi connectivity index (χ2v) is 4.74. The van der Waals surface area contributed by atoms with E-state index in [9.17, 15) is 0 Å². The zero-order chi connectivity index (χ0) is 12.7. The summed E-state index contributed by atoms with van der Waals surface area (Å²) in [6.07, 6.45) is 9.56. The largest absolute Gasteiger partial charge is 0.466 e. The average molecular weight is 235 g/mol. The lowest BCUT2D eigenvalue weighted by molar-refractivity contribution is 0.230. The lowest BCUT2D eigenvalue weighted by Gasteiger charge is -2.24. The number of allylic oxidation sites excluding steroid dienone is 5. The van der Waals surface area contributed by atoms with Gasteiger partial charge >= 0.3 is 0 Å². The average Bonchev–Trinajstić information content (AvgIpc) is 2.33. The molecule has 0 aromatic carbocycles. The summed E-state index contributed by atoms with van der Waals surface area (Å²) in [4.78, 5) is 0. The molecule has 2 heteroatoms. The van der Waals surface area contributed by atoms with Gasteiger partial charge in [-0.3, -0.25) is 0 Å². The SMILES string of the molecule is C=CCCC(CCCN)C1=CCC(C)=C(C)O1. The minimum Gasteiger partial charge on any atom is -0.466 e. The van der Waals surface area contributed by atoms with Gasteiger partial charge in [-0.05, 0) is 64.1 Å². The second-order valence-electron chi connectivity index (χ2n) is 4.74. The van der Waals surface area contributed by atoms with E-state index in [-0.39, 0.29) is 0 Å². The molecule has 1 aliphatic heterocycles. The van der Waals surface area contributed by atoms with Gasteiger partial charge in [0, 0.05) is 5.92 Å². The predicted octanol–water partition coefficient (Wildman–Crippen LogP) is 3.91. The van der Waals surface area contributed by atoms with Crippen LogP contribution in [-0.2, 0) is 4.74 Å². The van der Waals surface area contributed by atoms with Gasteiger partial charge < -0.3 is 10.5 Å². The van der Waals surface area contributed by atoms with E-state index in [1.54, 1.807) is 0 Å². The quantitative estimate of drug-likeness (QED) is 0.679. The van der Waals surface area contributed by atoms with E-state index in [4.69, 9.17) is 10.5 Å². The molecule has 1 atom stereocenters. The summed E-state index contributed by atoms with van der Waals surface area (Å²) >= 11 is 0. The molecule has 0 aromatic rings. The Labute approximate surface area is 105 Å². The van der Waals surface area contributed by atoms with E-state index in [0.717, 1.165) is 50.2 Å². The Morgan fingerprint density at radius 3 is 2.82 bits per heavy atom. The highest BCUT2D eigenvalue weighted by molar-refractivity contribution is 5.18. The Kier molecular flexibility index (Phi) is 6.06. The molecule has 0 fully saturated rings. The van der Waals surface area contributed by atoms with Crippen molar-refractivity contribution in [3.63, 3.8) is 0 Å². The number of hydrogen-bond acceptors (Lipinski definition) is 2. The van der Waals surface area contributed by atoms with Crippen LogP contribution in [0.5, 0.6) is 0 Å². The summed E-state index contributed by atoms with van der Waals surface area (Å²) in [6.45, 7) is 8.72. The maximum absolute atomic E-state index is 5.92. The molecule has 17 heavy (non-hydrogen) atoms. The number of rotatable bonds is 7. The van der Waals surface area contributed by atoms with Gasteiger partial charge in [0.25, 0.3) is 0 Å². The van der Waals surface area contributed by atoms with Gasteiger partial charge in [0.2, 0.25) is 0 Å². The second kappa shape index (κ2) is 7.33. The summed E-state index contributed by atoms with van der Waals surface area (Å²) in [5, 5.41) is 0. The molecule has 1 rings (SSSR count). The third-order valence-electron chi connectivity index (χ3n) is 3.36. The molecule has 0 spiro atoms. The van der Waals surface area contributed by atoms with Crippen molar-refractivity contribution in [2.45, 2.75) is 46.0 Å². The molecule has 0 aromatic heterocycles. The van der Waals surface area contributed by atoms with Crippen LogP contribution < -0.4 is 5.73 Å². The van der Waals surface area contributed by atoms with Crippen molar-refractivity contribution in [3.05, 3.63) is 35.8 Å². The topological polar surface area (TPSA) is 35.2 Å². The van der Waals surface area contributed by atoms with E-state index in [2.05, 4.69) is 26.5 Å². The molecule has 1 heterocycles. The lowest BCUT2D eigenvalue weighted by atomic mass is 9.93. The molecule has 1 unspecified atom stereocenters. The van der Waals surface area contributed by atoms with Gasteiger partial charge in [-0.25, -0.2) is 0 Å². The van der Waals surface area contributed by atoms with Crippen LogP contribution in [0.2, 0.25) is 0 Å². The van der Waals surface area contributed by atoms with Crippen LogP contribution in [0.1, 0.15) is 46.0 Å². The summed E-state index contributed by atoms with van der Waals surface area (Å²) in [5.41, 5.74) is 6.92. The fourth-order valence-electron chi connectivity index (χ4n) is 2.07. The van der Waals surface area contributed by atoms with Crippen LogP contribution in [0.15, 0.2) is 35.8 Å². The fourth-order valence-corrected chi connectivity index (χ4v) is 2.07. The Morgan fingerprint density at radius 2 is 2.24 bits per heavy atom. The van der Waals surface area contributed by atoms with Crippen molar-refractivity contribution in [2.24, 2.45) is 11.7 Å². The molecule has 0 saturated heterocycles. The minimum atomic E-state index is 0.500. The highest BCUT2D eigenvalue weighted by Gasteiger charge is 2.18. The van der Waals surface area contributed by atoms with Crippen LogP contribution >= 0.6 is 0 Å². The summed E-state index contributed by atoms with van der Waals surface area (Å²) in [6, 6.07) is 0. The zero-order valence-corrected chi connectivity index (χ0v) is 11.2. The number of hydrogen-bond donors (Lipinski definition) is 1. The Balaban J connectivity index is 2.60. The molecule has 0 radical (unpaired) electrons. The van der Waals surface area contributed by atoms with E-state index in [1.165, 1.54) is 5.57 Å². The molecule has 0 saturated carbocycles. The van der Waals surface area contributed by atoms with Crippen LogP contribution in [-0.4, -0.2) is 6.54 Å². The highest BCUT2D eigenvalue weighted by Crippen LogP contribution is 2.30. The maximum atomic E-state index is 5.92. The molecular weight excluding hydrogens is 210 g/mol. The van der Waals surface area contributed by atoms with Gasteiger partial charge in [0.05, 0.1) is 5.76 Å². The van der Waals surface area contributed by atoms with Crippen molar-refractivity contribution >= 4 is 0 Å². The summed E-state index contributed by atoms with van der Waals surface area (Å²) in [5.74, 6) is 2.71. The van der Waals surface area contributed by atoms with Crippen LogP contribution in [0.25, 0.3) is 0 Å². The molecule has 2 nitrogen and oxygen atoms in total. The van der Waals surface area contributed by atoms with Crippen molar-refractivity contribution in [1.29, 1.82) is 0 Å². The van der Waals surface area contributed by atoms with Gasteiger partial charge in [-0.2, -0.15) is 0 Å². The van der Waals surface area contributed by atoms with Gasteiger partial charge in [0.15, 0.2) is 0 Å². The zero-order valence-electron chi connectivity index (χ0n) is 11.2. The standard InChI is InChI=1S/C15H25NO/c1-4-5-7-14(8-6-11-16)15-10-9-12(2)13(3)17-15/h4,10,14H,1,5-9,11,16H2,2-3H3. The Hall–Kier alpha value is -1.02. The first kappa shape index (κ1) is 14.0. The molecule has 0 amide bonds. The summed E-state index contributed by atoms with van der Waals surface area (Å²) in [7, 11) is 0. The number of ether oxygens (including phenoxy) is 1. The molecule has 2 N–H and O–H groups in total. The van der Waals surface area contributed by atoms with Crippen LogP contribution in [0, 0.1) is 5.92 Å². The van der Waals surface area contributed by atoms with E-state index in [0.29, 0.717) is 5.92 Å². The monoisotopic (exact) mass is 235 g/mol. The first-order chi connectivity index (χ1) is 8.19. The molecule has 1 aliphatic rings. The minimum absolute atomic E-state index is 0.500. The van der Waals surface area contributed by atoms with E-state index < -0.39 is 0 Å². The molecular formula is C15H25NO. The highest BCUT2D eigenvalue weighted by atomic mass is 16.5. The fraction of sp³-hybridized carbons (Fsp3) is 0.600. The first-order valence-electron chi connectivity index (χ1n) is 6.54. The Morgan fingerprint density at radius 1 is 1.47 bits per heavy atom. The van der Waals surface area contributed by atoms with Crippen LogP contribution in [0.4, 0.5) is 0 Å². The van der Waals surface area contributed by atoms with Crippen molar-refractivity contribution in [3.8, 4) is 0 Å². The van der Waals surface area contributed by atoms with Crippen molar-refractivity contribution in [2.75, 3.05) is 6.54 Å². The van der Waals surface area contributed by atoms with E-state index in [1.807, 2.05) is 6.08 Å². The smallest absolute Gasteiger partial charge is 0.103 e. The van der Waals surface area contributed by atoms with Gasteiger partial charge in [-0.15, -0.1) is 6.58 Å². The molecule has 0 aliphatic carbocycles. The van der Waals surface area contributed by atoms with E-state index >= 15 is 0 Å². The maximum Gasteiger partial charge on any atom is 0.103 e. The first-order valence-corrected chi connectivity index (χ1v) is 6.54. The third-order valence-corrected chi connectivity index (χ3v) is 3.36. The molecule has 96 valence electrons. The van der Waals surface area contributed by atoms with Crippen molar-refractivity contribution in [1.82, 2.24) is 0 Å². The third kappa shape index (κ3) is 4.39. The lowest BCUT2D eigenvalue weighted by Crippen LogP contribution is -2.12. The van der Waals surface area contributed by atoms with Crippen LogP contribution in [0.3, 0.4) is 0 Å². The predicted molar refractivity (Wildman–Crippen MR) is 73.4 cm³/mol. The number of nitrogens with two attached hydrogens (primary N) is 1. The van der Waals surface area contributed by atoms with Crippen molar-refractivity contribution < 1.29 is 4.74 Å².